The van der Waals surface area contributed by atoms with E-state index in [9.17, 15) is 0 Å². The van der Waals surface area contributed by atoms with Crippen molar-refractivity contribution < 1.29 is 5.21 Å². The van der Waals surface area contributed by atoms with Gasteiger partial charge >= 0.3 is 0 Å². The topological polar surface area (TPSA) is 32.6 Å². The second-order valence-corrected chi connectivity index (χ2v) is 5.29. The number of nitrogens with zero attached hydrogens (tertiary/aromatic N) is 1. The van der Waals surface area contributed by atoms with Crippen molar-refractivity contribution in [3.05, 3.63) is 0 Å². The van der Waals surface area contributed by atoms with Gasteiger partial charge in [-0.05, 0) is 13.8 Å². The summed E-state index contributed by atoms with van der Waals surface area (Å²) in [6, 6.07) is 0. The summed E-state index contributed by atoms with van der Waals surface area (Å²) in [5, 5.41) is 11.5. The van der Waals surface area contributed by atoms with Gasteiger partial charge in [-0.25, -0.2) is 0 Å². The minimum atomic E-state index is -0.906. The SMILES string of the molecule is CC(=NO)SC(C)(Cl)Cl. The van der Waals surface area contributed by atoms with E-state index in [2.05, 4.69) is 5.16 Å². The fourth-order valence-electron chi connectivity index (χ4n) is 0.280. The lowest BCUT2D eigenvalue weighted by Crippen LogP contribution is -2.02. The van der Waals surface area contributed by atoms with Crippen LogP contribution in [0.4, 0.5) is 0 Å². The van der Waals surface area contributed by atoms with E-state index in [1.54, 1.807) is 13.8 Å². The average molecular weight is 188 g/mol. The van der Waals surface area contributed by atoms with E-state index in [1.165, 1.54) is 0 Å². The molecular formula is C4H7Cl2NOS. The van der Waals surface area contributed by atoms with E-state index >= 15 is 0 Å². The van der Waals surface area contributed by atoms with E-state index in [-0.39, 0.29) is 0 Å². The molecule has 0 heterocycles. The summed E-state index contributed by atoms with van der Waals surface area (Å²) in [6.45, 7) is 3.23. The molecule has 54 valence electrons. The Morgan fingerprint density at radius 2 is 2.11 bits per heavy atom. The molecule has 0 aromatic heterocycles. The Hall–Kier alpha value is 0.400. The van der Waals surface area contributed by atoms with Crippen molar-refractivity contribution in [1.82, 2.24) is 0 Å². The average Bonchev–Trinajstić information content (AvgIpc) is 1.62. The maximum atomic E-state index is 8.15. The Kier molecular flexibility index (Phi) is 3.70. The molecule has 0 aromatic carbocycles. The molecule has 0 aromatic rings. The zero-order chi connectivity index (χ0) is 7.49. The molecule has 0 unspecified atom stereocenters. The van der Waals surface area contributed by atoms with Crippen molar-refractivity contribution in [1.29, 1.82) is 0 Å². The first kappa shape index (κ1) is 9.40. The largest absolute Gasteiger partial charge is 0.410 e. The number of hydrogen-bond acceptors (Lipinski definition) is 3. The normalized spacial score (nSPS) is 14.0. The summed E-state index contributed by atoms with van der Waals surface area (Å²) in [5.74, 6) is 0. The molecule has 0 fully saturated rings. The smallest absolute Gasteiger partial charge is 0.166 e. The first-order valence-electron chi connectivity index (χ1n) is 2.21. The summed E-state index contributed by atoms with van der Waals surface area (Å²) in [7, 11) is 0. The van der Waals surface area contributed by atoms with Gasteiger partial charge in [0.2, 0.25) is 0 Å². The number of alkyl halides is 2. The maximum Gasteiger partial charge on any atom is 0.166 e. The van der Waals surface area contributed by atoms with E-state index < -0.39 is 3.67 Å². The quantitative estimate of drug-likeness (QED) is 0.225. The molecule has 0 rings (SSSR count). The predicted molar refractivity (Wildman–Crippen MR) is 42.6 cm³/mol. The highest BCUT2D eigenvalue weighted by Crippen LogP contribution is 2.34. The monoisotopic (exact) mass is 187 g/mol. The molecular weight excluding hydrogens is 181 g/mol. The molecule has 0 aliphatic heterocycles. The third kappa shape index (κ3) is 6.28. The summed E-state index contributed by atoms with van der Waals surface area (Å²) < 4.78 is -0.906. The van der Waals surface area contributed by atoms with Gasteiger partial charge in [-0.1, -0.05) is 40.1 Å². The van der Waals surface area contributed by atoms with Crippen LogP contribution in [0.15, 0.2) is 5.16 Å². The Bertz CT molecular complexity index is 120. The van der Waals surface area contributed by atoms with Crippen LogP contribution in [-0.2, 0) is 0 Å². The van der Waals surface area contributed by atoms with E-state index in [0.29, 0.717) is 5.04 Å². The van der Waals surface area contributed by atoms with Crippen LogP contribution in [0.2, 0.25) is 0 Å². The number of hydrogen-bond donors (Lipinski definition) is 1. The molecule has 0 atom stereocenters. The summed E-state index contributed by atoms with van der Waals surface area (Å²) >= 11 is 12.2. The molecule has 0 radical (unpaired) electrons. The highest BCUT2D eigenvalue weighted by atomic mass is 35.5. The van der Waals surface area contributed by atoms with Crippen LogP contribution in [0.1, 0.15) is 13.8 Å². The molecule has 0 saturated carbocycles. The standard InChI is InChI=1S/C4H7Cl2NOS/c1-3(7-8)9-4(2,5)6/h8H,1-2H3. The lowest BCUT2D eigenvalue weighted by atomic mass is 10.9. The maximum absolute atomic E-state index is 8.15. The van der Waals surface area contributed by atoms with Gasteiger partial charge in [-0.2, -0.15) is 0 Å². The highest BCUT2D eigenvalue weighted by Gasteiger charge is 2.18. The Balaban J connectivity index is 3.75. The second kappa shape index (κ2) is 3.54. The van der Waals surface area contributed by atoms with Gasteiger partial charge in [-0.3, -0.25) is 0 Å². The fraction of sp³-hybridized carbons (Fsp3) is 0.750. The van der Waals surface area contributed by atoms with Crippen molar-refractivity contribution in [3.63, 3.8) is 0 Å². The van der Waals surface area contributed by atoms with Gasteiger partial charge in [-0.15, -0.1) is 0 Å². The third-order valence-corrected chi connectivity index (χ3v) is 1.67. The number of halogens is 2. The first-order valence-corrected chi connectivity index (χ1v) is 3.78. The van der Waals surface area contributed by atoms with Crippen LogP contribution < -0.4 is 0 Å². The third-order valence-electron chi connectivity index (χ3n) is 0.468. The van der Waals surface area contributed by atoms with E-state index in [1.807, 2.05) is 0 Å². The van der Waals surface area contributed by atoms with Crippen LogP contribution in [0.25, 0.3) is 0 Å². The van der Waals surface area contributed by atoms with Crippen molar-refractivity contribution in [2.45, 2.75) is 17.5 Å². The minimum Gasteiger partial charge on any atom is -0.410 e. The van der Waals surface area contributed by atoms with E-state index in [0.717, 1.165) is 11.8 Å². The molecule has 2 nitrogen and oxygen atoms in total. The van der Waals surface area contributed by atoms with Crippen molar-refractivity contribution in [2.24, 2.45) is 5.16 Å². The van der Waals surface area contributed by atoms with Gasteiger partial charge in [0.05, 0.1) is 0 Å². The van der Waals surface area contributed by atoms with Crippen molar-refractivity contribution in [2.75, 3.05) is 0 Å². The van der Waals surface area contributed by atoms with Crippen molar-refractivity contribution in [3.8, 4) is 0 Å². The second-order valence-electron chi connectivity index (χ2n) is 1.53. The minimum absolute atomic E-state index is 0.447. The summed E-state index contributed by atoms with van der Waals surface area (Å²) in [6.07, 6.45) is 0. The molecule has 5 heteroatoms. The van der Waals surface area contributed by atoms with Gasteiger partial charge in [0.15, 0.2) is 3.67 Å². The van der Waals surface area contributed by atoms with Gasteiger partial charge in [0.1, 0.15) is 5.04 Å². The molecule has 0 amide bonds. The number of thioether (sulfide) groups is 1. The Morgan fingerprint density at radius 1 is 1.67 bits per heavy atom. The Labute approximate surface area is 68.2 Å². The zero-order valence-corrected chi connectivity index (χ0v) is 7.39. The van der Waals surface area contributed by atoms with Crippen LogP contribution >= 0.6 is 35.0 Å². The van der Waals surface area contributed by atoms with E-state index in [4.69, 9.17) is 28.4 Å². The highest BCUT2D eigenvalue weighted by molar-refractivity contribution is 8.17. The van der Waals surface area contributed by atoms with Gasteiger partial charge in [0.25, 0.3) is 0 Å². The molecule has 0 aliphatic rings. The lowest BCUT2D eigenvalue weighted by molar-refractivity contribution is 0.320. The fourth-order valence-corrected chi connectivity index (χ4v) is 1.51. The molecule has 0 bridgehead atoms. The number of oxime groups is 1. The van der Waals surface area contributed by atoms with Crippen LogP contribution in [0.3, 0.4) is 0 Å². The van der Waals surface area contributed by atoms with Crippen molar-refractivity contribution >= 4 is 40.0 Å². The van der Waals surface area contributed by atoms with Gasteiger partial charge in [0, 0.05) is 0 Å². The molecule has 0 spiro atoms. The molecule has 0 saturated heterocycles. The van der Waals surface area contributed by atoms with Crippen LogP contribution in [-0.4, -0.2) is 13.9 Å². The summed E-state index contributed by atoms with van der Waals surface area (Å²) in [5.41, 5.74) is 0. The molecule has 9 heavy (non-hydrogen) atoms. The lowest BCUT2D eigenvalue weighted by Gasteiger charge is -2.09. The predicted octanol–water partition coefficient (Wildman–Crippen LogP) is 2.68. The van der Waals surface area contributed by atoms with Crippen LogP contribution in [0.5, 0.6) is 0 Å². The zero-order valence-electron chi connectivity index (χ0n) is 5.06. The Morgan fingerprint density at radius 3 is 2.22 bits per heavy atom. The summed E-state index contributed by atoms with van der Waals surface area (Å²) in [4.78, 5) is 0. The number of rotatable bonds is 1. The van der Waals surface area contributed by atoms with Gasteiger partial charge < -0.3 is 5.21 Å². The molecule has 1 N–H and O–H groups in total. The first-order chi connectivity index (χ1) is 3.95. The molecule has 0 aliphatic carbocycles. The van der Waals surface area contributed by atoms with Crippen LogP contribution in [0, 0.1) is 0 Å².